The van der Waals surface area contributed by atoms with Gasteiger partial charge >= 0.3 is 0 Å². The van der Waals surface area contributed by atoms with E-state index in [0.717, 1.165) is 18.2 Å². The molecule has 1 heterocycles. The van der Waals surface area contributed by atoms with Crippen molar-refractivity contribution in [3.8, 4) is 0 Å². The van der Waals surface area contributed by atoms with E-state index in [2.05, 4.69) is 4.99 Å². The van der Waals surface area contributed by atoms with Crippen LogP contribution in [0.15, 0.2) is 23.2 Å². The van der Waals surface area contributed by atoms with Crippen molar-refractivity contribution in [3.63, 3.8) is 0 Å². The summed E-state index contributed by atoms with van der Waals surface area (Å²) in [6.07, 6.45) is -1.66. The number of benzene rings is 1. The zero-order chi connectivity index (χ0) is 14.2. The smallest absolute Gasteiger partial charge is 0.283 e. The molecule has 102 valence electrons. The zero-order valence-electron chi connectivity index (χ0n) is 9.97. The topological polar surface area (TPSA) is 90.8 Å². The Morgan fingerprint density at radius 2 is 2.32 bits per heavy atom. The minimum atomic E-state index is -1.66. The number of nitrogens with zero attached hydrogens (tertiary/aromatic N) is 2. The molecule has 0 fully saturated rings. The minimum absolute atomic E-state index is 0.222. The van der Waals surface area contributed by atoms with Gasteiger partial charge in [0.25, 0.3) is 11.7 Å². The van der Waals surface area contributed by atoms with Crippen LogP contribution in [-0.2, 0) is 10.3 Å². The number of hydrogen-bond acceptors (Lipinski definition) is 5. The van der Waals surface area contributed by atoms with Crippen molar-refractivity contribution in [2.75, 3.05) is 6.61 Å². The molecule has 1 aromatic rings. The van der Waals surface area contributed by atoms with Gasteiger partial charge in [-0.3, -0.25) is 10.1 Å². The van der Waals surface area contributed by atoms with Crippen LogP contribution in [0.5, 0.6) is 0 Å². The molecular formula is C11H11F2N3O3. The van der Waals surface area contributed by atoms with Crippen LogP contribution >= 0.6 is 0 Å². The monoisotopic (exact) mass is 271 g/mol. The summed E-state index contributed by atoms with van der Waals surface area (Å²) < 4.78 is 32.5. The molecule has 6 nitrogen and oxygen atoms in total. The van der Waals surface area contributed by atoms with Crippen molar-refractivity contribution in [3.05, 3.63) is 39.7 Å². The van der Waals surface area contributed by atoms with Gasteiger partial charge in [0.1, 0.15) is 18.0 Å². The molecule has 0 saturated heterocycles. The van der Waals surface area contributed by atoms with Crippen LogP contribution in [0.3, 0.4) is 0 Å². The third-order valence-electron chi connectivity index (χ3n) is 3.04. The highest BCUT2D eigenvalue weighted by Gasteiger charge is 2.43. The molecule has 0 amide bonds. The maximum Gasteiger partial charge on any atom is 0.283 e. The number of ether oxygens (including phenoxy) is 1. The first-order chi connectivity index (χ1) is 8.84. The number of nitro benzene ring substituents is 1. The Hall–Kier alpha value is -2.25. The number of nitro groups is 1. The lowest BCUT2D eigenvalue weighted by molar-refractivity contribution is -0.385. The third kappa shape index (κ3) is 2.20. The van der Waals surface area contributed by atoms with Crippen molar-refractivity contribution < 1.29 is 18.4 Å². The van der Waals surface area contributed by atoms with E-state index >= 15 is 0 Å². The van der Waals surface area contributed by atoms with Crippen LogP contribution in [-0.4, -0.2) is 23.7 Å². The van der Waals surface area contributed by atoms with E-state index < -0.39 is 22.5 Å². The zero-order valence-corrected chi connectivity index (χ0v) is 9.97. The van der Waals surface area contributed by atoms with Crippen molar-refractivity contribution in [1.82, 2.24) is 0 Å². The number of rotatable bonds is 2. The van der Waals surface area contributed by atoms with E-state index in [1.807, 2.05) is 0 Å². The Kier molecular flexibility index (Phi) is 3.09. The molecule has 0 aromatic heterocycles. The van der Waals surface area contributed by atoms with Crippen LogP contribution in [0, 0.1) is 15.9 Å². The average molecular weight is 271 g/mol. The van der Waals surface area contributed by atoms with Gasteiger partial charge < -0.3 is 10.5 Å². The SMILES string of the molecule is C[C@]1(c2cc([N+](=O)[O-])ccc2F)N=C(N)OC[C@@H]1F. The summed E-state index contributed by atoms with van der Waals surface area (Å²) in [7, 11) is 0. The lowest BCUT2D eigenvalue weighted by Crippen LogP contribution is -2.43. The van der Waals surface area contributed by atoms with Gasteiger partial charge in [-0.1, -0.05) is 0 Å². The van der Waals surface area contributed by atoms with Crippen LogP contribution < -0.4 is 5.73 Å². The molecule has 2 N–H and O–H groups in total. The fourth-order valence-electron chi connectivity index (χ4n) is 1.90. The second-order valence-corrected chi connectivity index (χ2v) is 4.30. The summed E-state index contributed by atoms with van der Waals surface area (Å²) in [6.45, 7) is 0.934. The summed E-state index contributed by atoms with van der Waals surface area (Å²) in [5.74, 6) is -0.783. The first-order valence-corrected chi connectivity index (χ1v) is 5.41. The molecule has 0 radical (unpaired) electrons. The molecule has 1 aliphatic rings. The summed E-state index contributed by atoms with van der Waals surface area (Å²) in [5.41, 5.74) is 3.16. The Morgan fingerprint density at radius 1 is 1.63 bits per heavy atom. The molecule has 0 aliphatic carbocycles. The highest BCUT2D eigenvalue weighted by atomic mass is 19.1. The molecular weight excluding hydrogens is 260 g/mol. The second kappa shape index (κ2) is 4.45. The van der Waals surface area contributed by atoms with Crippen molar-refractivity contribution in [2.45, 2.75) is 18.6 Å². The van der Waals surface area contributed by atoms with Crippen LogP contribution in [0.25, 0.3) is 0 Å². The fraction of sp³-hybridized carbons (Fsp3) is 0.364. The van der Waals surface area contributed by atoms with Gasteiger partial charge in [-0.15, -0.1) is 0 Å². The molecule has 2 atom stereocenters. The molecule has 0 saturated carbocycles. The molecule has 8 heteroatoms. The molecule has 0 unspecified atom stereocenters. The van der Waals surface area contributed by atoms with Gasteiger partial charge in [-0.05, 0) is 13.0 Å². The van der Waals surface area contributed by atoms with Crippen molar-refractivity contribution in [2.24, 2.45) is 10.7 Å². The van der Waals surface area contributed by atoms with Gasteiger partial charge in [0.2, 0.25) is 0 Å². The number of amidine groups is 1. The number of alkyl halides is 1. The maximum absolute atomic E-state index is 14.0. The van der Waals surface area contributed by atoms with E-state index in [1.165, 1.54) is 6.92 Å². The molecule has 0 bridgehead atoms. The van der Waals surface area contributed by atoms with Gasteiger partial charge in [-0.25, -0.2) is 13.8 Å². The highest BCUT2D eigenvalue weighted by Crippen LogP contribution is 2.37. The van der Waals surface area contributed by atoms with Crippen LogP contribution in [0.4, 0.5) is 14.5 Å². The van der Waals surface area contributed by atoms with Gasteiger partial charge in [0.15, 0.2) is 6.17 Å². The predicted molar refractivity (Wildman–Crippen MR) is 62.9 cm³/mol. The molecule has 19 heavy (non-hydrogen) atoms. The van der Waals surface area contributed by atoms with Gasteiger partial charge in [0.05, 0.1) is 4.92 Å². The van der Waals surface area contributed by atoms with E-state index in [4.69, 9.17) is 10.5 Å². The Bertz CT molecular complexity index is 564. The number of non-ortho nitro benzene ring substituents is 1. The molecule has 1 aliphatic heterocycles. The molecule has 1 aromatic carbocycles. The van der Waals surface area contributed by atoms with E-state index in [9.17, 15) is 18.9 Å². The standard InChI is InChI=1S/C11H11F2N3O3/c1-11(9(13)5-19-10(14)15-11)7-4-6(16(17)18)2-3-8(7)12/h2-4,9H,5H2,1H3,(H2,14,15)/t9-,11+/m0/s1. The quantitative estimate of drug-likeness (QED) is 0.653. The Balaban J connectivity index is 2.59. The van der Waals surface area contributed by atoms with Crippen LogP contribution in [0.1, 0.15) is 12.5 Å². The first-order valence-electron chi connectivity index (χ1n) is 5.41. The highest BCUT2D eigenvalue weighted by molar-refractivity contribution is 5.73. The van der Waals surface area contributed by atoms with Gasteiger partial charge in [-0.2, -0.15) is 0 Å². The van der Waals surface area contributed by atoms with E-state index in [-0.39, 0.29) is 23.9 Å². The Morgan fingerprint density at radius 3 is 2.95 bits per heavy atom. The molecule has 0 spiro atoms. The summed E-state index contributed by atoms with van der Waals surface area (Å²) in [4.78, 5) is 13.8. The Labute approximate surface area is 107 Å². The maximum atomic E-state index is 14.0. The fourth-order valence-corrected chi connectivity index (χ4v) is 1.90. The predicted octanol–water partition coefficient (Wildman–Crippen LogP) is 1.63. The lowest BCUT2D eigenvalue weighted by Gasteiger charge is -2.33. The summed E-state index contributed by atoms with van der Waals surface area (Å²) in [6, 6.07) is 2.60. The number of halogens is 2. The summed E-state index contributed by atoms with van der Waals surface area (Å²) in [5, 5.41) is 10.7. The normalized spacial score (nSPS) is 26.5. The van der Waals surface area contributed by atoms with E-state index in [0.29, 0.717) is 0 Å². The second-order valence-electron chi connectivity index (χ2n) is 4.30. The van der Waals surface area contributed by atoms with Crippen molar-refractivity contribution >= 4 is 11.7 Å². The number of hydrogen-bond donors (Lipinski definition) is 1. The summed E-state index contributed by atoms with van der Waals surface area (Å²) >= 11 is 0. The first kappa shape index (κ1) is 13.2. The van der Waals surface area contributed by atoms with E-state index in [1.54, 1.807) is 0 Å². The molecule has 2 rings (SSSR count). The van der Waals surface area contributed by atoms with Gasteiger partial charge in [0, 0.05) is 17.7 Å². The number of aliphatic imine (C=N–C) groups is 1. The lowest BCUT2D eigenvalue weighted by atomic mass is 9.86. The van der Waals surface area contributed by atoms with Crippen molar-refractivity contribution in [1.29, 1.82) is 0 Å². The third-order valence-corrected chi connectivity index (χ3v) is 3.04. The number of nitrogens with two attached hydrogens (primary N) is 1. The largest absolute Gasteiger partial charge is 0.462 e. The van der Waals surface area contributed by atoms with Crippen LogP contribution in [0.2, 0.25) is 0 Å². The average Bonchev–Trinajstić information content (AvgIpc) is 2.34. The minimum Gasteiger partial charge on any atom is -0.462 e.